The molecule has 2 aliphatic rings. The predicted octanol–water partition coefficient (Wildman–Crippen LogP) is 3.84. The van der Waals surface area contributed by atoms with Gasteiger partial charge in [0.25, 0.3) is 8.32 Å². The van der Waals surface area contributed by atoms with Crippen LogP contribution >= 0.6 is 0 Å². The Labute approximate surface area is 211 Å². The number of ether oxygens (including phenoxy) is 4. The summed E-state index contributed by atoms with van der Waals surface area (Å²) in [5, 5.41) is 11.1. The lowest BCUT2D eigenvalue weighted by molar-refractivity contribution is -0.142. The summed E-state index contributed by atoms with van der Waals surface area (Å²) in [5.74, 6) is -1.02. The zero-order valence-corrected chi connectivity index (χ0v) is 23.2. The van der Waals surface area contributed by atoms with Gasteiger partial charge < -0.3 is 28.5 Å². The van der Waals surface area contributed by atoms with Crippen LogP contribution in [-0.2, 0) is 23.4 Å². The summed E-state index contributed by atoms with van der Waals surface area (Å²) in [6.07, 6.45) is -0.161. The Morgan fingerprint density at radius 3 is 1.54 bits per heavy atom. The molecule has 2 saturated heterocycles. The van der Waals surface area contributed by atoms with E-state index in [4.69, 9.17) is 28.5 Å². The van der Waals surface area contributed by atoms with Gasteiger partial charge >= 0.3 is 0 Å². The average Bonchev–Trinajstić information content (AvgIpc) is 3.35. The molecule has 6 nitrogen and oxygen atoms in total. The van der Waals surface area contributed by atoms with Crippen molar-refractivity contribution in [3.8, 4) is 0 Å². The van der Waals surface area contributed by atoms with Crippen molar-refractivity contribution >= 4 is 18.7 Å². The highest BCUT2D eigenvalue weighted by atomic mass is 28.4. The van der Waals surface area contributed by atoms with Crippen LogP contribution in [0.15, 0.2) is 60.7 Å². The summed E-state index contributed by atoms with van der Waals surface area (Å²) in [6, 6.07) is 21.4. The quantitative estimate of drug-likeness (QED) is 0.606. The summed E-state index contributed by atoms with van der Waals surface area (Å²) in [4.78, 5) is 0. The molecule has 2 aromatic carbocycles. The molecule has 0 amide bonds. The SMILES string of the molecule is CC1(C)OC[C@@H](CO)O1.CC1(C)OC[C@@H](CO[Si](c2ccccc2)(c2ccccc2)C(C)(C)C)O1. The lowest BCUT2D eigenvalue weighted by Gasteiger charge is -2.43. The van der Waals surface area contributed by atoms with Gasteiger partial charge in [-0.2, -0.15) is 0 Å². The van der Waals surface area contributed by atoms with Gasteiger partial charge in [-0.3, -0.25) is 0 Å². The van der Waals surface area contributed by atoms with Gasteiger partial charge in [-0.25, -0.2) is 0 Å². The molecular formula is C28H42O6Si. The van der Waals surface area contributed by atoms with Gasteiger partial charge in [-0.05, 0) is 43.1 Å². The lowest BCUT2D eigenvalue weighted by atomic mass is 10.2. The molecule has 4 rings (SSSR count). The zero-order chi connectivity index (χ0) is 25.7. The topological polar surface area (TPSA) is 66.4 Å². The van der Waals surface area contributed by atoms with Crippen LogP contribution < -0.4 is 10.4 Å². The standard InChI is InChI=1S/C22H30O3Si.C6H12O3/c1-21(2,3)26(19-12-8-6-9-13-19,20-14-10-7-11-15-20)24-17-18-16-23-22(4,5)25-18;1-6(2)8-4-5(3-7)9-6/h6-15,18H,16-17H2,1-5H3;5,7H,3-4H2,1-2H3/t18-;5-/m01/s1. The summed E-state index contributed by atoms with van der Waals surface area (Å²) in [5.41, 5.74) is 0. The van der Waals surface area contributed by atoms with E-state index in [0.717, 1.165) is 0 Å². The first-order valence-electron chi connectivity index (χ1n) is 12.4. The number of hydrogen-bond donors (Lipinski definition) is 1. The third-order valence-electron chi connectivity index (χ3n) is 6.24. The first-order chi connectivity index (χ1) is 16.4. The van der Waals surface area contributed by atoms with E-state index in [9.17, 15) is 0 Å². The van der Waals surface area contributed by atoms with Crippen molar-refractivity contribution in [2.45, 2.75) is 77.3 Å². The van der Waals surface area contributed by atoms with Crippen LogP contribution in [-0.4, -0.2) is 63.6 Å². The normalized spacial score (nSPS) is 23.5. The average molecular weight is 503 g/mol. The van der Waals surface area contributed by atoms with E-state index in [1.807, 2.05) is 27.7 Å². The van der Waals surface area contributed by atoms with Gasteiger partial charge in [0.2, 0.25) is 0 Å². The first kappa shape index (κ1) is 28.0. The molecule has 1 N–H and O–H groups in total. The minimum Gasteiger partial charge on any atom is -0.405 e. The van der Waals surface area contributed by atoms with E-state index in [1.54, 1.807) is 0 Å². The van der Waals surface area contributed by atoms with Crippen molar-refractivity contribution in [1.82, 2.24) is 0 Å². The van der Waals surface area contributed by atoms with Gasteiger partial charge in [0.1, 0.15) is 12.2 Å². The van der Waals surface area contributed by atoms with Crippen LogP contribution in [0.2, 0.25) is 5.04 Å². The van der Waals surface area contributed by atoms with Crippen LogP contribution in [0.3, 0.4) is 0 Å². The molecule has 0 bridgehead atoms. The van der Waals surface area contributed by atoms with Gasteiger partial charge in [0, 0.05) is 0 Å². The van der Waals surface area contributed by atoms with E-state index in [2.05, 4.69) is 81.4 Å². The summed E-state index contributed by atoms with van der Waals surface area (Å²) < 4.78 is 29.0. The highest BCUT2D eigenvalue weighted by Gasteiger charge is 2.51. The molecular weight excluding hydrogens is 460 g/mol. The van der Waals surface area contributed by atoms with E-state index in [-0.39, 0.29) is 23.9 Å². The predicted molar refractivity (Wildman–Crippen MR) is 140 cm³/mol. The maximum atomic E-state index is 8.59. The van der Waals surface area contributed by atoms with E-state index in [1.165, 1.54) is 10.4 Å². The number of rotatable bonds is 6. The zero-order valence-electron chi connectivity index (χ0n) is 22.2. The largest absolute Gasteiger partial charge is 0.405 e. The van der Waals surface area contributed by atoms with Crippen molar-refractivity contribution in [1.29, 1.82) is 0 Å². The Bertz CT molecular complexity index is 871. The highest BCUT2D eigenvalue weighted by molar-refractivity contribution is 6.99. The molecule has 2 heterocycles. The van der Waals surface area contributed by atoms with Crippen molar-refractivity contribution in [3.63, 3.8) is 0 Å². The molecule has 0 aromatic heterocycles. The first-order valence-corrected chi connectivity index (χ1v) is 14.3. The summed E-state index contributed by atoms with van der Waals surface area (Å²) in [7, 11) is -2.50. The molecule has 0 radical (unpaired) electrons. The van der Waals surface area contributed by atoms with E-state index < -0.39 is 19.9 Å². The second kappa shape index (κ2) is 11.2. The third-order valence-corrected chi connectivity index (χ3v) is 11.2. The van der Waals surface area contributed by atoms with Gasteiger partial charge in [-0.15, -0.1) is 0 Å². The molecule has 0 spiro atoms. The van der Waals surface area contributed by atoms with Crippen LogP contribution in [0.25, 0.3) is 0 Å². The number of hydrogen-bond acceptors (Lipinski definition) is 6. The smallest absolute Gasteiger partial charge is 0.261 e. The minimum absolute atomic E-state index is 0.0231. The number of aliphatic hydroxyl groups is 1. The molecule has 0 aliphatic carbocycles. The minimum atomic E-state index is -2.50. The van der Waals surface area contributed by atoms with Crippen molar-refractivity contribution in [3.05, 3.63) is 60.7 Å². The maximum Gasteiger partial charge on any atom is 0.261 e. The van der Waals surface area contributed by atoms with Crippen molar-refractivity contribution in [2.24, 2.45) is 0 Å². The Kier molecular flexibility index (Phi) is 8.97. The fourth-order valence-electron chi connectivity index (χ4n) is 4.68. The van der Waals surface area contributed by atoms with Crippen LogP contribution in [0.4, 0.5) is 0 Å². The van der Waals surface area contributed by atoms with Gasteiger partial charge in [-0.1, -0.05) is 81.4 Å². The molecule has 2 aliphatic heterocycles. The molecule has 0 saturated carbocycles. The van der Waals surface area contributed by atoms with Crippen molar-refractivity contribution < 1.29 is 28.5 Å². The molecule has 35 heavy (non-hydrogen) atoms. The molecule has 2 aromatic rings. The van der Waals surface area contributed by atoms with Gasteiger partial charge in [0.15, 0.2) is 11.6 Å². The highest BCUT2D eigenvalue weighted by Crippen LogP contribution is 2.37. The Hall–Kier alpha value is -1.58. The molecule has 2 atom stereocenters. The van der Waals surface area contributed by atoms with E-state index >= 15 is 0 Å². The number of aliphatic hydroxyl groups excluding tert-OH is 1. The third kappa shape index (κ3) is 7.01. The number of benzene rings is 2. The Morgan fingerprint density at radius 2 is 1.23 bits per heavy atom. The van der Waals surface area contributed by atoms with Gasteiger partial charge in [0.05, 0.1) is 26.4 Å². The van der Waals surface area contributed by atoms with Crippen LogP contribution in [0, 0.1) is 0 Å². The van der Waals surface area contributed by atoms with Crippen LogP contribution in [0.5, 0.6) is 0 Å². The summed E-state index contributed by atoms with van der Waals surface area (Å²) in [6.45, 7) is 16.1. The molecule has 194 valence electrons. The molecule has 2 fully saturated rings. The fourth-order valence-corrected chi connectivity index (χ4v) is 9.27. The molecule has 7 heteroatoms. The second-order valence-electron chi connectivity index (χ2n) is 11.1. The lowest BCUT2D eigenvalue weighted by Crippen LogP contribution is -2.67. The Morgan fingerprint density at radius 1 is 0.800 bits per heavy atom. The monoisotopic (exact) mass is 502 g/mol. The van der Waals surface area contributed by atoms with Crippen LogP contribution in [0.1, 0.15) is 48.5 Å². The molecule has 0 unspecified atom stereocenters. The van der Waals surface area contributed by atoms with Crippen molar-refractivity contribution in [2.75, 3.05) is 26.4 Å². The summed E-state index contributed by atoms with van der Waals surface area (Å²) >= 11 is 0. The van der Waals surface area contributed by atoms with E-state index in [0.29, 0.717) is 19.8 Å². The fraction of sp³-hybridized carbons (Fsp3) is 0.571. The maximum absolute atomic E-state index is 8.59. The second-order valence-corrected chi connectivity index (χ2v) is 15.4. The Balaban J connectivity index is 0.000000320.